The molecule has 0 spiro atoms. The lowest BCUT2D eigenvalue weighted by atomic mass is 9.94. The van der Waals surface area contributed by atoms with Crippen LogP contribution in [-0.2, 0) is 20.8 Å². The highest BCUT2D eigenvalue weighted by molar-refractivity contribution is 5.94. The summed E-state index contributed by atoms with van der Waals surface area (Å²) in [6.07, 6.45) is 2.28. The van der Waals surface area contributed by atoms with Crippen molar-refractivity contribution >= 4 is 29.1 Å². The molecule has 0 bridgehead atoms. The van der Waals surface area contributed by atoms with E-state index in [9.17, 15) is 19.2 Å². The summed E-state index contributed by atoms with van der Waals surface area (Å²) in [4.78, 5) is 50.9. The highest BCUT2D eigenvalue weighted by Gasteiger charge is 2.34. The van der Waals surface area contributed by atoms with Crippen LogP contribution in [-0.4, -0.2) is 40.9 Å². The summed E-state index contributed by atoms with van der Waals surface area (Å²) in [5.41, 5.74) is 7.81. The fraction of sp³-hybridized carbons (Fsp3) is 0.385. The van der Waals surface area contributed by atoms with Crippen molar-refractivity contribution in [1.29, 1.82) is 0 Å². The van der Waals surface area contributed by atoms with Gasteiger partial charge in [-0.05, 0) is 56.0 Å². The van der Waals surface area contributed by atoms with E-state index in [4.69, 9.17) is 0 Å². The topological polar surface area (TPSA) is 95.6 Å². The van der Waals surface area contributed by atoms with Crippen molar-refractivity contribution in [2.45, 2.75) is 52.0 Å². The van der Waals surface area contributed by atoms with Gasteiger partial charge in [0.25, 0.3) is 5.91 Å². The number of likely N-dealkylation sites (tertiary alicyclic amines) is 1. The number of carbonyl (C=O) groups is 4. The number of rotatable bonds is 10. The lowest BCUT2D eigenvalue weighted by Gasteiger charge is -2.24. The number of nitrogens with one attached hydrogen (secondary N) is 2. The summed E-state index contributed by atoms with van der Waals surface area (Å²) < 4.78 is 0. The first-order chi connectivity index (χ1) is 15.8. The first kappa shape index (κ1) is 24.2. The van der Waals surface area contributed by atoms with Crippen LogP contribution >= 0.6 is 0 Å². The molecule has 2 aromatic carbocycles. The van der Waals surface area contributed by atoms with E-state index in [1.54, 1.807) is 29.2 Å². The normalized spacial score (nSPS) is 16.2. The molecule has 0 unspecified atom stereocenters. The second-order valence-corrected chi connectivity index (χ2v) is 8.55. The molecule has 2 atom stereocenters. The van der Waals surface area contributed by atoms with Gasteiger partial charge in [0.05, 0.1) is 5.69 Å². The molecule has 33 heavy (non-hydrogen) atoms. The molecule has 7 nitrogen and oxygen atoms in total. The summed E-state index contributed by atoms with van der Waals surface area (Å²) in [5.74, 6) is -0.586. The van der Waals surface area contributed by atoms with Gasteiger partial charge in [0.1, 0.15) is 11.8 Å². The van der Waals surface area contributed by atoms with E-state index >= 15 is 0 Å². The SMILES string of the molecule is CC(=O)c1ccc(NNC(=O)[C@@H]2CCCN2C(=O)CCC(=O)[C@@H](C)Cc2ccccc2)cc1. The van der Waals surface area contributed by atoms with Crippen molar-refractivity contribution in [3.05, 3.63) is 65.7 Å². The molecule has 0 radical (unpaired) electrons. The lowest BCUT2D eigenvalue weighted by molar-refractivity contribution is -0.139. The Balaban J connectivity index is 1.47. The molecule has 1 fully saturated rings. The first-order valence-corrected chi connectivity index (χ1v) is 11.4. The molecule has 1 heterocycles. The van der Waals surface area contributed by atoms with Crippen LogP contribution in [0.1, 0.15) is 55.5 Å². The zero-order chi connectivity index (χ0) is 23.8. The zero-order valence-corrected chi connectivity index (χ0v) is 19.2. The molecule has 1 aliphatic heterocycles. The largest absolute Gasteiger partial charge is 0.331 e. The Hall–Kier alpha value is -3.48. The number of hydrogen-bond acceptors (Lipinski definition) is 5. The van der Waals surface area contributed by atoms with Crippen molar-refractivity contribution in [3.8, 4) is 0 Å². The van der Waals surface area contributed by atoms with Crippen LogP contribution in [0, 0.1) is 5.92 Å². The van der Waals surface area contributed by atoms with Crippen LogP contribution < -0.4 is 10.9 Å². The molecule has 2 aromatic rings. The minimum Gasteiger partial charge on any atom is -0.331 e. The maximum atomic E-state index is 12.8. The van der Waals surface area contributed by atoms with Gasteiger partial charge in [-0.1, -0.05) is 37.3 Å². The number of hydrazine groups is 1. The Bertz CT molecular complexity index is 988. The molecule has 7 heteroatoms. The number of amides is 2. The summed E-state index contributed by atoms with van der Waals surface area (Å²) in [7, 11) is 0. The summed E-state index contributed by atoms with van der Waals surface area (Å²) in [6.45, 7) is 3.89. The van der Waals surface area contributed by atoms with Crippen LogP contribution in [0.15, 0.2) is 54.6 Å². The highest BCUT2D eigenvalue weighted by Crippen LogP contribution is 2.20. The van der Waals surface area contributed by atoms with Gasteiger partial charge in [-0.15, -0.1) is 0 Å². The fourth-order valence-corrected chi connectivity index (χ4v) is 4.04. The van der Waals surface area contributed by atoms with Crippen molar-refractivity contribution in [2.75, 3.05) is 12.0 Å². The van der Waals surface area contributed by atoms with Gasteiger partial charge in [0.15, 0.2) is 5.78 Å². The second-order valence-electron chi connectivity index (χ2n) is 8.55. The van der Waals surface area contributed by atoms with Crippen molar-refractivity contribution < 1.29 is 19.2 Å². The number of ketones is 2. The standard InChI is InChI=1S/C26H31N3O4/c1-18(17-20-7-4-3-5-8-20)24(31)14-15-25(32)29-16-6-9-23(29)26(33)28-27-22-12-10-21(11-13-22)19(2)30/h3-5,7-8,10-13,18,23,27H,6,9,14-17H2,1-2H3,(H,28,33)/t18-,23-/m0/s1. The Kier molecular flexibility index (Phi) is 8.35. The van der Waals surface area contributed by atoms with E-state index in [1.807, 2.05) is 37.3 Å². The van der Waals surface area contributed by atoms with Gasteiger partial charge in [-0.3, -0.25) is 30.0 Å². The molecule has 3 rings (SSSR count). The van der Waals surface area contributed by atoms with Gasteiger partial charge in [-0.2, -0.15) is 0 Å². The third kappa shape index (κ3) is 6.75. The monoisotopic (exact) mass is 449 g/mol. The van der Waals surface area contributed by atoms with Crippen molar-refractivity contribution in [3.63, 3.8) is 0 Å². The molecule has 1 saturated heterocycles. The molecular weight excluding hydrogens is 418 g/mol. The molecular formula is C26H31N3O4. The highest BCUT2D eigenvalue weighted by atomic mass is 16.2. The molecule has 2 N–H and O–H groups in total. The van der Waals surface area contributed by atoms with E-state index in [0.717, 1.165) is 12.0 Å². The average Bonchev–Trinajstić information content (AvgIpc) is 3.32. The number of Topliss-reactive ketones (excluding diaryl/α,β-unsaturated/α-hetero) is 2. The first-order valence-electron chi connectivity index (χ1n) is 11.4. The van der Waals surface area contributed by atoms with Crippen LogP contribution in [0.5, 0.6) is 0 Å². The summed E-state index contributed by atoms with van der Waals surface area (Å²) in [6, 6.07) is 16.0. The maximum Gasteiger partial charge on any atom is 0.261 e. The Morgan fingerprint density at radius 3 is 2.36 bits per heavy atom. The van der Waals surface area contributed by atoms with Crippen LogP contribution in [0.25, 0.3) is 0 Å². The summed E-state index contributed by atoms with van der Waals surface area (Å²) in [5, 5.41) is 0. The number of benzene rings is 2. The molecule has 2 amide bonds. The number of carbonyl (C=O) groups excluding carboxylic acids is 4. The second kappa shape index (κ2) is 11.4. The van der Waals surface area contributed by atoms with E-state index in [-0.39, 0.29) is 42.1 Å². The van der Waals surface area contributed by atoms with E-state index in [2.05, 4.69) is 10.9 Å². The molecule has 0 aromatic heterocycles. The van der Waals surface area contributed by atoms with Crippen LogP contribution in [0.2, 0.25) is 0 Å². The maximum absolute atomic E-state index is 12.8. The predicted molar refractivity (Wildman–Crippen MR) is 126 cm³/mol. The Morgan fingerprint density at radius 1 is 1.00 bits per heavy atom. The lowest BCUT2D eigenvalue weighted by Crippen LogP contribution is -2.47. The molecule has 0 saturated carbocycles. The Labute approximate surface area is 194 Å². The predicted octanol–water partition coefficient (Wildman–Crippen LogP) is 3.55. The van der Waals surface area contributed by atoms with Crippen LogP contribution in [0.4, 0.5) is 5.69 Å². The number of hydrogen-bond donors (Lipinski definition) is 2. The average molecular weight is 450 g/mol. The Morgan fingerprint density at radius 2 is 1.70 bits per heavy atom. The minimum atomic E-state index is -0.557. The molecule has 1 aliphatic rings. The minimum absolute atomic E-state index is 0.0290. The third-order valence-electron chi connectivity index (χ3n) is 6.02. The number of nitrogens with zero attached hydrogens (tertiary/aromatic N) is 1. The van der Waals surface area contributed by atoms with Gasteiger partial charge in [0.2, 0.25) is 5.91 Å². The number of anilines is 1. The van der Waals surface area contributed by atoms with Crippen LogP contribution in [0.3, 0.4) is 0 Å². The molecule has 0 aliphatic carbocycles. The van der Waals surface area contributed by atoms with Gasteiger partial charge >= 0.3 is 0 Å². The summed E-state index contributed by atoms with van der Waals surface area (Å²) >= 11 is 0. The quantitative estimate of drug-likeness (QED) is 0.427. The van der Waals surface area contributed by atoms with Crippen molar-refractivity contribution in [2.24, 2.45) is 5.92 Å². The van der Waals surface area contributed by atoms with E-state index < -0.39 is 6.04 Å². The van der Waals surface area contributed by atoms with E-state index in [1.165, 1.54) is 6.92 Å². The van der Waals surface area contributed by atoms with Crippen molar-refractivity contribution in [1.82, 2.24) is 10.3 Å². The van der Waals surface area contributed by atoms with Gasteiger partial charge in [-0.25, -0.2) is 0 Å². The smallest absolute Gasteiger partial charge is 0.261 e. The van der Waals surface area contributed by atoms with Gasteiger partial charge in [0, 0.05) is 30.9 Å². The zero-order valence-electron chi connectivity index (χ0n) is 19.2. The van der Waals surface area contributed by atoms with Gasteiger partial charge < -0.3 is 4.90 Å². The fourth-order valence-electron chi connectivity index (χ4n) is 4.04. The van der Waals surface area contributed by atoms with E-state index in [0.29, 0.717) is 30.6 Å². The molecule has 174 valence electrons. The third-order valence-corrected chi connectivity index (χ3v) is 6.02.